The Labute approximate surface area is 137 Å². The lowest BCUT2D eigenvalue weighted by atomic mass is 10.2. The number of hydrogen-bond acceptors (Lipinski definition) is 4. The molecule has 0 saturated heterocycles. The number of alkyl halides is 3. The van der Waals surface area contributed by atoms with Crippen molar-refractivity contribution in [3.63, 3.8) is 0 Å². The highest BCUT2D eigenvalue weighted by atomic mass is 32.2. The van der Waals surface area contributed by atoms with Gasteiger partial charge < -0.3 is 9.84 Å². The van der Waals surface area contributed by atoms with E-state index in [4.69, 9.17) is 4.74 Å². The molecule has 0 fully saturated rings. The Kier molecular flexibility index (Phi) is 6.12. The van der Waals surface area contributed by atoms with Gasteiger partial charge in [0.1, 0.15) is 0 Å². The number of rotatable bonds is 5. The minimum absolute atomic E-state index is 0.00330. The van der Waals surface area contributed by atoms with Gasteiger partial charge in [-0.25, -0.2) is 0 Å². The molecule has 1 unspecified atom stereocenters. The van der Waals surface area contributed by atoms with Gasteiger partial charge in [0.25, 0.3) is 5.91 Å². The van der Waals surface area contributed by atoms with Crippen molar-refractivity contribution in [2.24, 2.45) is 0 Å². The molecule has 1 aliphatic rings. The van der Waals surface area contributed by atoms with Crippen LogP contribution in [0.15, 0.2) is 46.2 Å². The van der Waals surface area contributed by atoms with E-state index in [1.807, 2.05) is 0 Å². The van der Waals surface area contributed by atoms with Crippen molar-refractivity contribution in [3.05, 3.63) is 46.2 Å². The third-order valence-electron chi connectivity index (χ3n) is 3.28. The van der Waals surface area contributed by atoms with E-state index in [0.29, 0.717) is 0 Å². The number of halogens is 3. The van der Waals surface area contributed by atoms with Gasteiger partial charge in [-0.3, -0.25) is 9.69 Å². The summed E-state index contributed by atoms with van der Waals surface area (Å²) >= 11 is 0.927. The molecule has 0 radical (unpaired) electrons. The molecule has 1 aliphatic heterocycles. The molecule has 1 N–H and O–H groups in total. The molecule has 0 aliphatic carbocycles. The topological polar surface area (TPSA) is 49.8 Å². The predicted octanol–water partition coefficient (Wildman–Crippen LogP) is 3.34. The van der Waals surface area contributed by atoms with E-state index in [0.717, 1.165) is 22.7 Å². The van der Waals surface area contributed by atoms with E-state index in [1.165, 1.54) is 33.3 Å². The third-order valence-corrected chi connectivity index (χ3v) is 4.18. The SMILES string of the molecule is C=C(/C=C(\C(=C/C)SC)C(F)(F)F)N1C(=O)C(C)=C(OC)C1O. The molecule has 1 amide bonds. The minimum Gasteiger partial charge on any atom is -0.496 e. The van der Waals surface area contributed by atoms with Crippen molar-refractivity contribution >= 4 is 17.7 Å². The number of carbonyl (C=O) groups excluding carboxylic acids is 1. The summed E-state index contributed by atoms with van der Waals surface area (Å²) in [7, 11) is 1.27. The fraction of sp³-hybridized carbons (Fsp3) is 0.400. The number of hydrogen-bond donors (Lipinski definition) is 1. The molecule has 4 nitrogen and oxygen atoms in total. The zero-order valence-electron chi connectivity index (χ0n) is 13.2. The molecule has 0 bridgehead atoms. The van der Waals surface area contributed by atoms with Crippen molar-refractivity contribution in [2.75, 3.05) is 13.4 Å². The smallest absolute Gasteiger partial charge is 0.417 e. The second-order valence-corrected chi connectivity index (χ2v) is 5.49. The van der Waals surface area contributed by atoms with Gasteiger partial charge in [0.2, 0.25) is 0 Å². The summed E-state index contributed by atoms with van der Waals surface area (Å²) in [5.74, 6) is -0.655. The van der Waals surface area contributed by atoms with Crippen molar-refractivity contribution in [2.45, 2.75) is 26.3 Å². The molecular formula is C15H18F3NO3S. The van der Waals surface area contributed by atoms with Crippen LogP contribution >= 0.6 is 11.8 Å². The third kappa shape index (κ3) is 3.81. The van der Waals surface area contributed by atoms with Crippen molar-refractivity contribution in [1.29, 1.82) is 0 Å². The van der Waals surface area contributed by atoms with E-state index < -0.39 is 23.9 Å². The molecule has 0 aromatic rings. The van der Waals surface area contributed by atoms with Crippen LogP contribution in [0.25, 0.3) is 0 Å². The summed E-state index contributed by atoms with van der Waals surface area (Å²) in [6.45, 7) is 6.40. The monoisotopic (exact) mass is 349 g/mol. The highest BCUT2D eigenvalue weighted by Crippen LogP contribution is 2.38. The number of allylic oxidation sites excluding steroid dienone is 3. The number of nitrogens with zero attached hydrogens (tertiary/aromatic N) is 1. The van der Waals surface area contributed by atoms with E-state index >= 15 is 0 Å². The first-order chi connectivity index (χ1) is 10.6. The van der Waals surface area contributed by atoms with Crippen LogP contribution in [-0.4, -0.2) is 41.7 Å². The summed E-state index contributed by atoms with van der Waals surface area (Å²) in [6.07, 6.45) is -2.52. The second-order valence-electron chi connectivity index (χ2n) is 4.65. The number of ether oxygens (including phenoxy) is 1. The number of carbonyl (C=O) groups is 1. The summed E-state index contributed by atoms with van der Waals surface area (Å²) in [4.78, 5) is 12.9. The summed E-state index contributed by atoms with van der Waals surface area (Å²) in [5, 5.41) is 10.1. The maximum absolute atomic E-state index is 13.2. The van der Waals surface area contributed by atoms with Crippen LogP contribution < -0.4 is 0 Å². The average Bonchev–Trinajstić information content (AvgIpc) is 2.68. The van der Waals surface area contributed by atoms with E-state index in [1.54, 1.807) is 0 Å². The first-order valence-corrected chi connectivity index (χ1v) is 7.77. The van der Waals surface area contributed by atoms with Gasteiger partial charge in [-0.2, -0.15) is 13.2 Å². The fourth-order valence-electron chi connectivity index (χ4n) is 2.17. The molecule has 128 valence electrons. The Balaban J connectivity index is 3.26. The highest BCUT2D eigenvalue weighted by molar-refractivity contribution is 8.02. The molecule has 1 atom stereocenters. The first-order valence-electron chi connectivity index (χ1n) is 6.55. The zero-order chi connectivity index (χ0) is 17.9. The van der Waals surface area contributed by atoms with Gasteiger partial charge in [0.05, 0.1) is 18.3 Å². The Morgan fingerprint density at radius 1 is 1.48 bits per heavy atom. The number of thioether (sulfide) groups is 1. The lowest BCUT2D eigenvalue weighted by molar-refractivity contribution is -0.129. The highest BCUT2D eigenvalue weighted by Gasteiger charge is 2.40. The van der Waals surface area contributed by atoms with Crippen LogP contribution in [0.3, 0.4) is 0 Å². The Hall–Kier alpha value is -1.67. The number of amides is 1. The quantitative estimate of drug-likeness (QED) is 0.774. The van der Waals surface area contributed by atoms with Crippen LogP contribution in [0.4, 0.5) is 13.2 Å². The largest absolute Gasteiger partial charge is 0.496 e. The second kappa shape index (κ2) is 7.27. The summed E-state index contributed by atoms with van der Waals surface area (Å²) in [6, 6.07) is 0. The van der Waals surface area contributed by atoms with Gasteiger partial charge in [0.15, 0.2) is 12.0 Å². The van der Waals surface area contributed by atoms with Crippen molar-refractivity contribution in [1.82, 2.24) is 4.90 Å². The molecular weight excluding hydrogens is 331 g/mol. The molecule has 0 aromatic carbocycles. The molecule has 1 heterocycles. The summed E-state index contributed by atoms with van der Waals surface area (Å²) < 4.78 is 44.6. The van der Waals surface area contributed by atoms with Gasteiger partial charge in [-0.15, -0.1) is 11.8 Å². The van der Waals surface area contributed by atoms with Gasteiger partial charge in [-0.1, -0.05) is 12.7 Å². The fourth-order valence-corrected chi connectivity index (χ4v) is 2.80. The van der Waals surface area contributed by atoms with Crippen LogP contribution in [0.5, 0.6) is 0 Å². The molecule has 23 heavy (non-hydrogen) atoms. The Morgan fingerprint density at radius 2 is 2.04 bits per heavy atom. The molecule has 0 saturated carbocycles. The summed E-state index contributed by atoms with van der Waals surface area (Å²) in [5.41, 5.74) is -1.07. The van der Waals surface area contributed by atoms with Gasteiger partial charge in [0, 0.05) is 10.6 Å². The maximum atomic E-state index is 13.2. The zero-order valence-corrected chi connectivity index (χ0v) is 14.0. The Bertz CT molecular complexity index is 606. The average molecular weight is 349 g/mol. The van der Waals surface area contributed by atoms with Crippen molar-refractivity contribution in [3.8, 4) is 0 Å². The van der Waals surface area contributed by atoms with Gasteiger partial charge in [-0.05, 0) is 26.2 Å². The van der Waals surface area contributed by atoms with Crippen LogP contribution in [-0.2, 0) is 9.53 Å². The molecule has 0 spiro atoms. The van der Waals surface area contributed by atoms with Crippen LogP contribution in [0, 0.1) is 0 Å². The van der Waals surface area contributed by atoms with Gasteiger partial charge >= 0.3 is 6.18 Å². The number of methoxy groups -OCH3 is 1. The lowest BCUT2D eigenvalue weighted by Gasteiger charge is -2.23. The lowest BCUT2D eigenvalue weighted by Crippen LogP contribution is -2.34. The van der Waals surface area contributed by atoms with Crippen LogP contribution in [0.2, 0.25) is 0 Å². The van der Waals surface area contributed by atoms with E-state index in [-0.39, 0.29) is 21.9 Å². The number of aliphatic hydroxyl groups excluding tert-OH is 1. The molecule has 0 aromatic heterocycles. The molecule has 1 rings (SSSR count). The standard InChI is InChI=1S/C15H18F3NO3S/c1-6-11(23-5)10(15(16,17)18)7-8(2)19-13(20)9(3)12(22-4)14(19)21/h6-7,14,21H,2H2,1,3-5H3/b10-7+,11-6+. The molecule has 8 heteroatoms. The number of aliphatic hydroxyl groups is 1. The first kappa shape index (κ1) is 19.4. The Morgan fingerprint density at radius 3 is 2.39 bits per heavy atom. The van der Waals surface area contributed by atoms with Crippen LogP contribution in [0.1, 0.15) is 13.8 Å². The maximum Gasteiger partial charge on any atom is 0.417 e. The van der Waals surface area contributed by atoms with E-state index in [9.17, 15) is 23.1 Å². The van der Waals surface area contributed by atoms with Crippen molar-refractivity contribution < 1.29 is 27.8 Å². The minimum atomic E-state index is -4.62. The van der Waals surface area contributed by atoms with E-state index in [2.05, 4.69) is 6.58 Å². The predicted molar refractivity (Wildman–Crippen MR) is 83.1 cm³/mol. The normalized spacial score (nSPS) is 20.4.